The number of anilines is 3. The molecule has 0 saturated heterocycles. The van der Waals surface area contributed by atoms with E-state index in [-0.39, 0.29) is 5.41 Å². The summed E-state index contributed by atoms with van der Waals surface area (Å²) in [6.45, 7) is 4.69. The minimum absolute atomic E-state index is 0.0536. The van der Waals surface area contributed by atoms with Crippen LogP contribution in [0, 0.1) is 0 Å². The molecule has 0 fully saturated rings. The molecule has 0 spiro atoms. The monoisotopic (exact) mass is 994 g/mol. The summed E-state index contributed by atoms with van der Waals surface area (Å²) < 4.78 is 2.43. The lowest BCUT2D eigenvalue weighted by atomic mass is 9.67. The molecular formula is C76H54N2. The first-order valence-corrected chi connectivity index (χ1v) is 27.2. The van der Waals surface area contributed by atoms with Gasteiger partial charge in [0.2, 0.25) is 0 Å². The second kappa shape index (κ2) is 17.9. The maximum atomic E-state index is 2.43. The molecule has 0 radical (unpaired) electrons. The van der Waals surface area contributed by atoms with Crippen molar-refractivity contribution < 1.29 is 0 Å². The largest absolute Gasteiger partial charge is 0.310 e. The van der Waals surface area contributed by atoms with Gasteiger partial charge in [-0.3, -0.25) is 0 Å². The zero-order valence-electron chi connectivity index (χ0n) is 43.6. The van der Waals surface area contributed by atoms with E-state index in [9.17, 15) is 0 Å². The molecule has 78 heavy (non-hydrogen) atoms. The van der Waals surface area contributed by atoms with Gasteiger partial charge in [-0.25, -0.2) is 0 Å². The van der Waals surface area contributed by atoms with Gasteiger partial charge in [0.15, 0.2) is 0 Å². The maximum Gasteiger partial charge on any atom is 0.0713 e. The molecule has 13 aromatic rings. The molecule has 2 aliphatic carbocycles. The van der Waals surface area contributed by atoms with Crippen molar-refractivity contribution in [1.82, 2.24) is 4.57 Å². The third-order valence-electron chi connectivity index (χ3n) is 17.1. The zero-order chi connectivity index (χ0) is 52.0. The van der Waals surface area contributed by atoms with Crippen molar-refractivity contribution in [3.63, 3.8) is 0 Å². The van der Waals surface area contributed by atoms with Crippen LogP contribution in [0.4, 0.5) is 17.1 Å². The maximum absolute atomic E-state index is 2.43. The van der Waals surface area contributed by atoms with Crippen LogP contribution in [0.5, 0.6) is 0 Å². The fourth-order valence-corrected chi connectivity index (χ4v) is 13.5. The Kier molecular flexibility index (Phi) is 10.5. The van der Waals surface area contributed by atoms with Crippen LogP contribution in [-0.4, -0.2) is 4.57 Å². The van der Waals surface area contributed by atoms with E-state index < -0.39 is 5.41 Å². The summed E-state index contributed by atoms with van der Waals surface area (Å²) in [5, 5.41) is 2.46. The zero-order valence-corrected chi connectivity index (χ0v) is 43.6. The number of para-hydroxylation sites is 2. The summed E-state index contributed by atoms with van der Waals surface area (Å²) in [6.07, 6.45) is 0. The molecule has 2 heteroatoms. The Morgan fingerprint density at radius 1 is 0.295 bits per heavy atom. The SMILES string of the molecule is CC1(C)c2ccccc2-c2cc(N(c3ccccc3)c3cccc(-c4cccc(-c5ccc6c(c5)c5ccccc5n6-c5ccc(-c6cccc7c6-c6ccccc6C7(c6ccccc6)c6ccccc6)cc5)c4)c3)ccc21. The van der Waals surface area contributed by atoms with Crippen LogP contribution in [0.25, 0.3) is 83.1 Å². The van der Waals surface area contributed by atoms with Gasteiger partial charge in [-0.15, -0.1) is 0 Å². The highest BCUT2D eigenvalue weighted by Gasteiger charge is 2.46. The number of benzene rings is 12. The molecule has 0 unspecified atom stereocenters. The van der Waals surface area contributed by atoms with Gasteiger partial charge in [-0.2, -0.15) is 0 Å². The van der Waals surface area contributed by atoms with Gasteiger partial charge in [-0.05, 0) is 162 Å². The topological polar surface area (TPSA) is 8.17 Å². The molecule has 0 saturated carbocycles. The molecule has 0 atom stereocenters. The summed E-state index contributed by atoms with van der Waals surface area (Å²) in [5.74, 6) is 0. The number of rotatable bonds is 9. The first-order valence-electron chi connectivity index (χ1n) is 27.2. The number of hydrogen-bond donors (Lipinski definition) is 0. The standard InChI is InChI=1S/C76H54N2/c1-75(2)68-35-15-12-31-63(68)66-50-61(44-45-69(66)75)77(58-28-10-5-11-29-58)60-30-19-23-54(48-60)52-21-18-22-53(47-52)55-41-46-73-67(49-55)64-32-14-17-38-72(64)78(73)59-42-39-51(40-43-59)62-34-20-37-71-74(62)65-33-13-16-36-70(65)76(71,56-24-6-3-7-25-56)57-26-8-4-9-27-57/h3-50H,1-2H3. The predicted octanol–water partition coefficient (Wildman–Crippen LogP) is 19.9. The molecule has 2 nitrogen and oxygen atoms in total. The van der Waals surface area contributed by atoms with E-state index in [2.05, 4.69) is 315 Å². The Bertz CT molecular complexity index is 4410. The van der Waals surface area contributed by atoms with Gasteiger partial charge in [-0.1, -0.05) is 232 Å². The van der Waals surface area contributed by atoms with Gasteiger partial charge >= 0.3 is 0 Å². The normalized spacial score (nSPS) is 13.5. The lowest BCUT2D eigenvalue weighted by Gasteiger charge is -2.34. The summed E-state index contributed by atoms with van der Waals surface area (Å²) in [6, 6.07) is 108. The number of nitrogens with zero attached hydrogens (tertiary/aromatic N) is 2. The molecule has 1 aromatic heterocycles. The van der Waals surface area contributed by atoms with Gasteiger partial charge in [0.1, 0.15) is 0 Å². The lowest BCUT2D eigenvalue weighted by molar-refractivity contribution is 0.660. The van der Waals surface area contributed by atoms with E-state index in [0.717, 1.165) is 22.7 Å². The van der Waals surface area contributed by atoms with E-state index in [1.165, 1.54) is 111 Å². The molecule has 0 aliphatic heterocycles. The molecule has 2 aliphatic rings. The number of aromatic nitrogens is 1. The van der Waals surface area contributed by atoms with Crippen LogP contribution in [0.2, 0.25) is 0 Å². The van der Waals surface area contributed by atoms with Gasteiger partial charge in [0.25, 0.3) is 0 Å². The van der Waals surface area contributed by atoms with Crippen molar-refractivity contribution in [1.29, 1.82) is 0 Å². The summed E-state index contributed by atoms with van der Waals surface area (Å²) in [7, 11) is 0. The number of hydrogen-bond acceptors (Lipinski definition) is 1. The number of fused-ring (bicyclic) bond motifs is 9. The first-order chi connectivity index (χ1) is 38.4. The molecular weight excluding hydrogens is 941 g/mol. The van der Waals surface area contributed by atoms with E-state index in [1.807, 2.05) is 0 Å². The molecule has 368 valence electrons. The second-order valence-electron chi connectivity index (χ2n) is 21.6. The van der Waals surface area contributed by atoms with Gasteiger partial charge in [0, 0.05) is 38.9 Å². The highest BCUT2D eigenvalue weighted by molar-refractivity contribution is 6.10. The van der Waals surface area contributed by atoms with E-state index in [0.29, 0.717) is 0 Å². The second-order valence-corrected chi connectivity index (χ2v) is 21.6. The molecule has 15 rings (SSSR count). The molecule has 0 bridgehead atoms. The van der Waals surface area contributed by atoms with Crippen LogP contribution in [-0.2, 0) is 10.8 Å². The molecule has 1 heterocycles. The van der Waals surface area contributed by atoms with E-state index in [4.69, 9.17) is 0 Å². The predicted molar refractivity (Wildman–Crippen MR) is 327 cm³/mol. The Labute approximate surface area is 456 Å². The van der Waals surface area contributed by atoms with Crippen molar-refractivity contribution in [2.45, 2.75) is 24.7 Å². The molecule has 0 N–H and O–H groups in total. The highest BCUT2D eigenvalue weighted by atomic mass is 15.1. The van der Waals surface area contributed by atoms with Crippen LogP contribution in [0.3, 0.4) is 0 Å². The minimum atomic E-state index is -0.446. The smallest absolute Gasteiger partial charge is 0.0713 e. The minimum Gasteiger partial charge on any atom is -0.310 e. The Morgan fingerprint density at radius 2 is 0.808 bits per heavy atom. The summed E-state index contributed by atoms with van der Waals surface area (Å²) in [4.78, 5) is 2.40. The molecule has 12 aromatic carbocycles. The first kappa shape index (κ1) is 45.6. The van der Waals surface area contributed by atoms with Crippen molar-refractivity contribution >= 4 is 38.9 Å². The van der Waals surface area contributed by atoms with Crippen molar-refractivity contribution in [3.05, 3.63) is 325 Å². The average molecular weight is 995 g/mol. The van der Waals surface area contributed by atoms with Crippen LogP contribution < -0.4 is 4.90 Å². The Morgan fingerprint density at radius 3 is 1.55 bits per heavy atom. The van der Waals surface area contributed by atoms with E-state index in [1.54, 1.807) is 0 Å². The Balaban J connectivity index is 0.784. The lowest BCUT2D eigenvalue weighted by Crippen LogP contribution is -2.28. The van der Waals surface area contributed by atoms with Crippen LogP contribution in [0.15, 0.2) is 291 Å². The van der Waals surface area contributed by atoms with E-state index >= 15 is 0 Å². The van der Waals surface area contributed by atoms with Crippen molar-refractivity contribution in [2.75, 3.05) is 4.90 Å². The third kappa shape index (κ3) is 6.96. The average Bonchev–Trinajstić information content (AvgIpc) is 4.29. The summed E-state index contributed by atoms with van der Waals surface area (Å²) >= 11 is 0. The Hall–Kier alpha value is -9.76. The van der Waals surface area contributed by atoms with Gasteiger partial charge < -0.3 is 9.47 Å². The summed E-state index contributed by atoms with van der Waals surface area (Å²) in [5.41, 5.74) is 26.7. The van der Waals surface area contributed by atoms with Crippen molar-refractivity contribution in [3.8, 4) is 61.3 Å². The van der Waals surface area contributed by atoms with Crippen LogP contribution in [0.1, 0.15) is 47.2 Å². The third-order valence-corrected chi connectivity index (χ3v) is 17.1. The quantitative estimate of drug-likeness (QED) is 0.140. The van der Waals surface area contributed by atoms with Gasteiger partial charge in [0.05, 0.1) is 16.4 Å². The highest BCUT2D eigenvalue weighted by Crippen LogP contribution is 2.58. The molecule has 0 amide bonds. The van der Waals surface area contributed by atoms with Crippen LogP contribution >= 0.6 is 0 Å². The fourth-order valence-electron chi connectivity index (χ4n) is 13.5. The van der Waals surface area contributed by atoms with Crippen molar-refractivity contribution in [2.24, 2.45) is 0 Å². The fraction of sp³-hybridized carbons (Fsp3) is 0.0526.